The Balaban J connectivity index is 0.000000260. The first-order chi connectivity index (χ1) is 18.2. The van der Waals surface area contributed by atoms with Gasteiger partial charge in [0.15, 0.2) is 5.78 Å². The summed E-state index contributed by atoms with van der Waals surface area (Å²) in [5.41, 5.74) is 4.34. The Morgan fingerprint density at radius 3 is 2.29 bits per heavy atom. The molecule has 2 aliphatic rings. The van der Waals surface area contributed by atoms with Gasteiger partial charge in [-0.15, -0.1) is 0 Å². The summed E-state index contributed by atoms with van der Waals surface area (Å²) in [6.45, 7) is 13.6. The summed E-state index contributed by atoms with van der Waals surface area (Å²) >= 11 is 0. The number of methoxy groups -OCH3 is 2. The van der Waals surface area contributed by atoms with E-state index in [9.17, 15) is 9.59 Å². The van der Waals surface area contributed by atoms with Crippen LogP contribution in [0.5, 0.6) is 5.75 Å². The highest BCUT2D eigenvalue weighted by Crippen LogP contribution is 2.49. The predicted molar refractivity (Wildman–Crippen MR) is 154 cm³/mol. The van der Waals surface area contributed by atoms with E-state index < -0.39 is 5.97 Å². The van der Waals surface area contributed by atoms with Crippen LogP contribution in [0, 0.1) is 11.8 Å². The third kappa shape index (κ3) is 6.66. The molecule has 0 aromatic heterocycles. The largest absolute Gasteiger partial charge is 0.497 e. The number of rotatable bonds is 10. The van der Waals surface area contributed by atoms with Gasteiger partial charge in [-0.05, 0) is 98.2 Å². The summed E-state index contributed by atoms with van der Waals surface area (Å²) in [7, 11) is 3.10. The van der Waals surface area contributed by atoms with Gasteiger partial charge < -0.3 is 9.47 Å². The second-order valence-electron chi connectivity index (χ2n) is 11.0. The van der Waals surface area contributed by atoms with Crippen LogP contribution in [0.25, 0.3) is 0 Å². The summed E-state index contributed by atoms with van der Waals surface area (Å²) < 4.78 is 10.1. The van der Waals surface area contributed by atoms with Crippen molar-refractivity contribution in [3.63, 3.8) is 0 Å². The van der Waals surface area contributed by atoms with Gasteiger partial charge in [0.05, 0.1) is 19.8 Å². The van der Waals surface area contributed by atoms with Gasteiger partial charge in [0.2, 0.25) is 0 Å². The molecule has 0 heterocycles. The van der Waals surface area contributed by atoms with Crippen LogP contribution in [-0.2, 0) is 16.6 Å². The molecule has 2 aromatic rings. The van der Waals surface area contributed by atoms with E-state index in [2.05, 4.69) is 55.5 Å². The molecule has 0 aliphatic heterocycles. The van der Waals surface area contributed by atoms with Crippen molar-refractivity contribution in [1.29, 1.82) is 0 Å². The minimum Gasteiger partial charge on any atom is -0.497 e. The lowest BCUT2D eigenvalue weighted by Crippen LogP contribution is -2.53. The van der Waals surface area contributed by atoms with E-state index in [4.69, 9.17) is 4.74 Å². The highest BCUT2D eigenvalue weighted by molar-refractivity contribution is 5.97. The summed E-state index contributed by atoms with van der Waals surface area (Å²) in [5.74, 6) is 2.18. The number of esters is 1. The van der Waals surface area contributed by atoms with E-state index >= 15 is 0 Å². The molecule has 0 bridgehead atoms. The van der Waals surface area contributed by atoms with Crippen LogP contribution in [0.2, 0.25) is 0 Å². The first-order valence-corrected chi connectivity index (χ1v) is 14.3. The van der Waals surface area contributed by atoms with Gasteiger partial charge in [-0.1, -0.05) is 52.3 Å². The number of carbonyl (C=O) groups is 2. The molecule has 0 N–H and O–H groups in total. The molecule has 5 heteroatoms. The van der Waals surface area contributed by atoms with Gasteiger partial charge in [-0.3, -0.25) is 9.69 Å². The zero-order valence-electron chi connectivity index (χ0n) is 24.5. The van der Waals surface area contributed by atoms with Gasteiger partial charge in [0, 0.05) is 18.2 Å². The molecule has 0 saturated heterocycles. The molecule has 2 aromatic carbocycles. The molecule has 0 spiro atoms. The number of ether oxygens (including phenoxy) is 2. The maximum atomic E-state index is 11.1. The first kappa shape index (κ1) is 29.9. The Morgan fingerprint density at radius 1 is 1.03 bits per heavy atom. The van der Waals surface area contributed by atoms with Crippen molar-refractivity contribution in [3.8, 4) is 5.75 Å². The van der Waals surface area contributed by atoms with Crippen molar-refractivity contribution < 1.29 is 19.1 Å². The molecular weight excluding hydrogens is 474 g/mol. The lowest BCUT2D eigenvalue weighted by Gasteiger charge is -2.51. The molecule has 1 fully saturated rings. The van der Waals surface area contributed by atoms with Gasteiger partial charge in [-0.2, -0.15) is 0 Å². The summed E-state index contributed by atoms with van der Waals surface area (Å²) in [6, 6.07) is 14.0. The molecule has 38 heavy (non-hydrogen) atoms. The number of nitrogens with zero attached hydrogens (tertiary/aromatic N) is 1. The summed E-state index contributed by atoms with van der Waals surface area (Å²) in [5, 5.41) is 0. The Kier molecular flexibility index (Phi) is 10.6. The molecular formula is C33H47NO4. The molecule has 3 atom stereocenters. The predicted octanol–water partition coefficient (Wildman–Crippen LogP) is 7.11. The lowest BCUT2D eigenvalue weighted by atomic mass is 9.58. The van der Waals surface area contributed by atoms with Crippen molar-refractivity contribution in [3.05, 3.63) is 64.7 Å². The molecule has 1 unspecified atom stereocenters. The number of hydrogen-bond donors (Lipinski definition) is 0. The number of Topliss-reactive ketones (excluding diaryl/α,β-unsaturated/α-hetero) is 1. The fourth-order valence-corrected chi connectivity index (χ4v) is 6.40. The topological polar surface area (TPSA) is 55.8 Å². The van der Waals surface area contributed by atoms with E-state index in [1.165, 1.54) is 71.7 Å². The van der Waals surface area contributed by atoms with E-state index in [-0.39, 0.29) is 5.78 Å². The van der Waals surface area contributed by atoms with E-state index in [1.807, 2.05) is 0 Å². The third-order valence-electron chi connectivity index (χ3n) is 8.81. The normalized spacial score (nSPS) is 22.2. The Morgan fingerprint density at radius 2 is 1.74 bits per heavy atom. The monoisotopic (exact) mass is 521 g/mol. The molecule has 208 valence electrons. The zero-order valence-corrected chi connectivity index (χ0v) is 24.5. The van der Waals surface area contributed by atoms with E-state index in [0.29, 0.717) is 28.5 Å². The van der Waals surface area contributed by atoms with Crippen LogP contribution >= 0.6 is 0 Å². The van der Waals surface area contributed by atoms with E-state index in [0.717, 1.165) is 11.7 Å². The fraction of sp³-hybridized carbons (Fsp3) is 0.576. The maximum Gasteiger partial charge on any atom is 0.337 e. The molecule has 2 aliphatic carbocycles. The van der Waals surface area contributed by atoms with Gasteiger partial charge in [0.1, 0.15) is 5.75 Å². The molecule has 4 rings (SSSR count). The third-order valence-corrected chi connectivity index (χ3v) is 8.81. The summed E-state index contributed by atoms with van der Waals surface area (Å²) in [4.78, 5) is 24.8. The van der Waals surface area contributed by atoms with Crippen molar-refractivity contribution in [2.24, 2.45) is 11.8 Å². The molecule has 0 amide bonds. The summed E-state index contributed by atoms with van der Waals surface area (Å²) in [6.07, 6.45) is 7.84. The quantitative estimate of drug-likeness (QED) is 0.246. The number of benzene rings is 2. The number of hydrogen-bond acceptors (Lipinski definition) is 5. The van der Waals surface area contributed by atoms with Gasteiger partial charge >= 0.3 is 5.97 Å². The SMILES string of the molecule is CCC[C@@]1(CC)c2cc(OC)ccc2CC(N(CC)CC2CC2)[C@@H]1C.COC(=O)c1cccc(C(C)=O)c1. The second kappa shape index (κ2) is 13.4. The highest BCUT2D eigenvalue weighted by atomic mass is 16.5. The average Bonchev–Trinajstić information content (AvgIpc) is 3.77. The number of ketones is 1. The van der Waals surface area contributed by atoms with Crippen LogP contribution in [0.4, 0.5) is 0 Å². The van der Waals surface area contributed by atoms with Crippen LogP contribution in [-0.4, -0.2) is 50.0 Å². The molecule has 1 saturated carbocycles. The van der Waals surface area contributed by atoms with Crippen LogP contribution < -0.4 is 4.74 Å². The number of fused-ring (bicyclic) bond motifs is 1. The van der Waals surface area contributed by atoms with Crippen molar-refractivity contribution >= 4 is 11.8 Å². The van der Waals surface area contributed by atoms with Gasteiger partial charge in [-0.25, -0.2) is 4.79 Å². The number of carbonyl (C=O) groups excluding carboxylic acids is 2. The van der Waals surface area contributed by atoms with Crippen molar-refractivity contribution in [1.82, 2.24) is 4.90 Å². The Labute approximate surface area is 229 Å². The molecule has 5 nitrogen and oxygen atoms in total. The Bertz CT molecular complexity index is 1090. The van der Waals surface area contributed by atoms with Crippen molar-refractivity contribution in [2.75, 3.05) is 27.3 Å². The van der Waals surface area contributed by atoms with Crippen LogP contribution in [0.1, 0.15) is 98.6 Å². The minimum absolute atomic E-state index is 0.0641. The maximum absolute atomic E-state index is 11.1. The standard InChI is InChI=1S/C23H37NO.C10H10O3/c1-6-13-23(7-2)17(4)22(24(8-3)16-18-9-10-18)14-19-11-12-20(25-5)15-21(19)23;1-7(11)8-4-3-5-9(6-8)10(12)13-2/h11-12,15,17-18,22H,6-10,13-14,16H2,1-5H3;3-6H,1-2H3/t17-,22?,23+;/m0./s1. The van der Waals surface area contributed by atoms with Crippen LogP contribution in [0.15, 0.2) is 42.5 Å². The molecule has 0 radical (unpaired) electrons. The van der Waals surface area contributed by atoms with Crippen molar-refractivity contribution in [2.45, 2.75) is 84.6 Å². The lowest BCUT2D eigenvalue weighted by molar-refractivity contribution is 0.0600. The minimum atomic E-state index is -0.428. The van der Waals surface area contributed by atoms with Crippen LogP contribution in [0.3, 0.4) is 0 Å². The first-order valence-electron chi connectivity index (χ1n) is 14.3. The number of likely N-dealkylation sites (N-methyl/N-ethyl adjacent to an activating group) is 1. The second-order valence-corrected chi connectivity index (χ2v) is 11.0. The Hall–Kier alpha value is -2.66. The van der Waals surface area contributed by atoms with E-state index in [1.54, 1.807) is 36.4 Å². The van der Waals surface area contributed by atoms with Gasteiger partial charge in [0.25, 0.3) is 0 Å². The highest BCUT2D eigenvalue weighted by Gasteiger charge is 2.46. The smallest absolute Gasteiger partial charge is 0.337 e. The average molecular weight is 522 g/mol. The zero-order chi connectivity index (χ0) is 27.9. The fourth-order valence-electron chi connectivity index (χ4n) is 6.40.